The molecule has 0 saturated heterocycles. The molecule has 9 nitrogen and oxygen atoms in total. The predicted molar refractivity (Wildman–Crippen MR) is 137 cm³/mol. The van der Waals surface area contributed by atoms with Gasteiger partial charge in [-0.05, 0) is 42.3 Å². The van der Waals surface area contributed by atoms with Crippen molar-refractivity contribution in [2.24, 2.45) is 0 Å². The molecule has 4 N–H and O–H groups in total. The van der Waals surface area contributed by atoms with E-state index in [-0.39, 0.29) is 23.5 Å². The van der Waals surface area contributed by atoms with Crippen LogP contribution < -0.4 is 20.5 Å². The smallest absolute Gasteiger partial charge is 0.232 e. The van der Waals surface area contributed by atoms with Crippen LogP contribution in [0.3, 0.4) is 0 Å². The van der Waals surface area contributed by atoms with Crippen molar-refractivity contribution in [1.29, 1.82) is 0 Å². The van der Waals surface area contributed by atoms with E-state index in [1.807, 2.05) is 0 Å². The second-order valence-electron chi connectivity index (χ2n) is 7.82. The van der Waals surface area contributed by atoms with Crippen molar-refractivity contribution in [3.63, 3.8) is 0 Å². The van der Waals surface area contributed by atoms with Crippen LogP contribution in [0.1, 0.15) is 6.42 Å². The molecule has 4 aromatic rings. The van der Waals surface area contributed by atoms with Crippen LogP contribution in [0.2, 0.25) is 0 Å². The molecule has 0 aliphatic rings. The Bertz CT molecular complexity index is 1520. The first-order chi connectivity index (χ1) is 17.3. The number of hydrogen-bond acceptors (Lipinski definition) is 8. The summed E-state index contributed by atoms with van der Waals surface area (Å²) in [6.07, 6.45) is 1.43. The molecule has 2 heterocycles. The second kappa shape index (κ2) is 10.3. The fourth-order valence-corrected chi connectivity index (χ4v) is 4.72. The van der Waals surface area contributed by atoms with E-state index in [1.165, 1.54) is 25.3 Å². The summed E-state index contributed by atoms with van der Waals surface area (Å²) in [5, 5.41) is 3.37. The molecule has 0 aliphatic carbocycles. The summed E-state index contributed by atoms with van der Waals surface area (Å²) in [5.74, 6) is 0.248. The van der Waals surface area contributed by atoms with Crippen molar-refractivity contribution in [2.45, 2.75) is 6.42 Å². The van der Waals surface area contributed by atoms with Crippen LogP contribution in [0.15, 0.2) is 48.7 Å². The number of hydrogen-bond donors (Lipinski definition) is 3. The summed E-state index contributed by atoms with van der Waals surface area (Å²) in [5.41, 5.74) is 7.57. The van der Waals surface area contributed by atoms with E-state index in [1.54, 1.807) is 37.5 Å². The van der Waals surface area contributed by atoms with Gasteiger partial charge in [-0.3, -0.25) is 9.11 Å². The third-order valence-electron chi connectivity index (χ3n) is 5.41. The molecule has 2 aromatic carbocycles. The molecule has 0 fully saturated rings. The molecule has 0 spiro atoms. The molecule has 2 aromatic heterocycles. The monoisotopic (exact) mass is 514 g/mol. The van der Waals surface area contributed by atoms with E-state index < -0.39 is 28.3 Å². The molecule has 4 rings (SSSR count). The molecule has 0 amide bonds. The van der Waals surface area contributed by atoms with E-state index in [4.69, 9.17) is 10.5 Å². The van der Waals surface area contributed by atoms with Gasteiger partial charge in [0.25, 0.3) is 0 Å². The summed E-state index contributed by atoms with van der Waals surface area (Å²) >= 11 is 0. The Morgan fingerprint density at radius 1 is 1.11 bits per heavy atom. The van der Waals surface area contributed by atoms with Gasteiger partial charge >= 0.3 is 0 Å². The number of fused-ring (bicyclic) bond motifs is 1. The molecular weight excluding hydrogens is 490 g/mol. The topological polar surface area (TPSA) is 132 Å². The average Bonchev–Trinajstić information content (AvgIpc) is 2.88. The van der Waals surface area contributed by atoms with Gasteiger partial charge < -0.3 is 15.8 Å². The standard InChI is InChI=1S/C24H24F2N6O3S/c1-28-20-8-7-14(13-29-20)24-30-22-17(23(27)31-24)11-15(12-19(22)35-2)16-5-3-6-18(21(16)26)32-36(33,34)10-4-9-25/h3,5-8,11-13,32H,4,9-10H2,1-2H3,(H,28,29)(H2,27,30,31). The van der Waals surface area contributed by atoms with Crippen LogP contribution in [0, 0.1) is 5.82 Å². The number of methoxy groups -OCH3 is 1. The maximum absolute atomic E-state index is 15.4. The summed E-state index contributed by atoms with van der Waals surface area (Å²) in [4.78, 5) is 13.2. The lowest BCUT2D eigenvalue weighted by atomic mass is 10.0. The number of nitrogens with zero attached hydrogens (tertiary/aromatic N) is 3. The van der Waals surface area contributed by atoms with E-state index in [9.17, 15) is 12.8 Å². The van der Waals surface area contributed by atoms with Crippen LogP contribution in [-0.2, 0) is 10.0 Å². The third kappa shape index (κ3) is 5.13. The highest BCUT2D eigenvalue weighted by atomic mass is 32.2. The number of nitrogens with two attached hydrogens (primary N) is 1. The zero-order valence-corrected chi connectivity index (χ0v) is 20.4. The minimum absolute atomic E-state index is 0.108. The molecule has 0 bridgehead atoms. The predicted octanol–water partition coefficient (Wildman–Crippen LogP) is 4.23. The largest absolute Gasteiger partial charge is 0.494 e. The van der Waals surface area contributed by atoms with Gasteiger partial charge in [-0.2, -0.15) is 0 Å². The number of anilines is 3. The van der Waals surface area contributed by atoms with Gasteiger partial charge in [-0.1, -0.05) is 12.1 Å². The molecule has 0 atom stereocenters. The van der Waals surface area contributed by atoms with Gasteiger partial charge in [0.1, 0.15) is 22.9 Å². The third-order valence-corrected chi connectivity index (χ3v) is 6.77. The van der Waals surface area contributed by atoms with Gasteiger partial charge in [-0.25, -0.2) is 27.8 Å². The number of pyridine rings is 1. The minimum Gasteiger partial charge on any atom is -0.494 e. The van der Waals surface area contributed by atoms with Crippen LogP contribution in [-0.4, -0.2) is 50.0 Å². The Labute approximate surface area is 206 Å². The van der Waals surface area contributed by atoms with Crippen molar-refractivity contribution in [1.82, 2.24) is 15.0 Å². The van der Waals surface area contributed by atoms with Gasteiger partial charge in [0.15, 0.2) is 11.6 Å². The summed E-state index contributed by atoms with van der Waals surface area (Å²) < 4.78 is 59.8. The average molecular weight is 515 g/mol. The maximum Gasteiger partial charge on any atom is 0.232 e. The van der Waals surface area contributed by atoms with Gasteiger partial charge in [-0.15, -0.1) is 0 Å². The number of halogens is 2. The number of sulfonamides is 1. The fraction of sp³-hybridized carbons (Fsp3) is 0.208. The van der Waals surface area contributed by atoms with E-state index in [0.29, 0.717) is 39.4 Å². The van der Waals surface area contributed by atoms with Crippen LogP contribution in [0.25, 0.3) is 33.4 Å². The SMILES string of the molecule is CNc1ccc(-c2nc(N)c3cc(-c4cccc(NS(=O)(=O)CCCF)c4F)cc(OC)c3n2)cn1. The minimum atomic E-state index is -3.91. The molecule has 0 saturated carbocycles. The van der Waals surface area contributed by atoms with E-state index in [0.717, 1.165) is 0 Å². The number of alkyl halides is 1. The Kier molecular flexibility index (Phi) is 7.15. The molecular formula is C24H24F2N6O3S. The fourth-order valence-electron chi connectivity index (χ4n) is 3.63. The first kappa shape index (κ1) is 25.0. The lowest BCUT2D eigenvalue weighted by molar-refractivity contribution is 0.419. The summed E-state index contributed by atoms with van der Waals surface area (Å²) in [6, 6.07) is 11.1. The molecule has 0 radical (unpaired) electrons. The Hall–Kier alpha value is -4.06. The molecule has 0 unspecified atom stereocenters. The second-order valence-corrected chi connectivity index (χ2v) is 9.66. The zero-order chi connectivity index (χ0) is 25.9. The summed E-state index contributed by atoms with van der Waals surface area (Å²) in [6.45, 7) is -0.788. The first-order valence-corrected chi connectivity index (χ1v) is 12.6. The van der Waals surface area contributed by atoms with Crippen LogP contribution >= 0.6 is 0 Å². The van der Waals surface area contributed by atoms with Crippen molar-refractivity contribution in [3.8, 4) is 28.3 Å². The quantitative estimate of drug-likeness (QED) is 0.302. The van der Waals surface area contributed by atoms with E-state index in [2.05, 4.69) is 25.0 Å². The van der Waals surface area contributed by atoms with E-state index >= 15 is 4.39 Å². The highest BCUT2D eigenvalue weighted by molar-refractivity contribution is 7.92. The Balaban J connectivity index is 1.79. The number of rotatable bonds is 9. The van der Waals surface area contributed by atoms with Crippen LogP contribution in [0.4, 0.5) is 26.1 Å². The maximum atomic E-state index is 15.4. The van der Waals surface area contributed by atoms with Crippen molar-refractivity contribution >= 4 is 38.2 Å². The lowest BCUT2D eigenvalue weighted by Crippen LogP contribution is -2.18. The van der Waals surface area contributed by atoms with Gasteiger partial charge in [0.2, 0.25) is 10.0 Å². The van der Waals surface area contributed by atoms with Crippen molar-refractivity contribution in [2.75, 3.05) is 42.4 Å². The van der Waals surface area contributed by atoms with Gasteiger partial charge in [0.05, 0.1) is 25.2 Å². The molecule has 36 heavy (non-hydrogen) atoms. The number of aromatic nitrogens is 3. The number of nitrogens with one attached hydrogen (secondary N) is 2. The first-order valence-electron chi connectivity index (χ1n) is 10.9. The number of ether oxygens (including phenoxy) is 1. The number of nitrogen functional groups attached to an aromatic ring is 1. The van der Waals surface area contributed by atoms with Crippen LogP contribution in [0.5, 0.6) is 5.75 Å². The Morgan fingerprint density at radius 2 is 1.92 bits per heavy atom. The Morgan fingerprint density at radius 3 is 2.58 bits per heavy atom. The molecule has 188 valence electrons. The molecule has 0 aliphatic heterocycles. The summed E-state index contributed by atoms with van der Waals surface area (Å²) in [7, 11) is -0.703. The highest BCUT2D eigenvalue weighted by Crippen LogP contribution is 2.37. The zero-order valence-electron chi connectivity index (χ0n) is 19.5. The number of benzene rings is 2. The van der Waals surface area contributed by atoms with Gasteiger partial charge in [0, 0.05) is 29.8 Å². The normalized spacial score (nSPS) is 11.4. The lowest BCUT2D eigenvalue weighted by Gasteiger charge is -2.14. The van der Waals surface area contributed by atoms with Crippen molar-refractivity contribution in [3.05, 3.63) is 54.5 Å². The highest BCUT2D eigenvalue weighted by Gasteiger charge is 2.19. The molecule has 12 heteroatoms. The van der Waals surface area contributed by atoms with Crippen molar-refractivity contribution < 1.29 is 21.9 Å².